The van der Waals surface area contributed by atoms with E-state index < -0.39 is 12.1 Å². The SMILES string of the molecule is O=C=C1CC(c2ccco2)OC1=O. The minimum absolute atomic E-state index is 0.0430. The number of rotatable bonds is 1. The highest BCUT2D eigenvalue weighted by Gasteiger charge is 2.32. The van der Waals surface area contributed by atoms with Gasteiger partial charge in [0.2, 0.25) is 0 Å². The lowest BCUT2D eigenvalue weighted by Crippen LogP contribution is -1.97. The average Bonchev–Trinajstić information content (AvgIpc) is 2.71. The first kappa shape index (κ1) is 7.83. The predicted octanol–water partition coefficient (Wildman–Crippen LogP) is 1.03. The molecule has 2 rings (SSSR count). The Hall–Kier alpha value is -1.80. The van der Waals surface area contributed by atoms with Crippen molar-refractivity contribution < 1.29 is 18.7 Å². The highest BCUT2D eigenvalue weighted by atomic mass is 16.6. The third kappa shape index (κ3) is 1.27. The Bertz CT molecular complexity index is 370. The van der Waals surface area contributed by atoms with Gasteiger partial charge >= 0.3 is 5.97 Å². The molecule has 0 spiro atoms. The predicted molar refractivity (Wildman–Crippen MR) is 41.4 cm³/mol. The lowest BCUT2D eigenvalue weighted by Gasteiger charge is -2.02. The highest BCUT2D eigenvalue weighted by Crippen LogP contribution is 2.31. The fourth-order valence-corrected chi connectivity index (χ4v) is 1.23. The Morgan fingerprint density at radius 3 is 2.92 bits per heavy atom. The van der Waals surface area contributed by atoms with Gasteiger partial charge in [-0.1, -0.05) is 0 Å². The second-order valence-corrected chi connectivity index (χ2v) is 2.69. The minimum atomic E-state index is -0.601. The number of esters is 1. The molecule has 13 heavy (non-hydrogen) atoms. The molecule has 0 radical (unpaired) electrons. The number of carbonyl (C=O) groups excluding carboxylic acids is 2. The van der Waals surface area contributed by atoms with E-state index in [1.165, 1.54) is 6.26 Å². The molecule has 66 valence electrons. The minimum Gasteiger partial charge on any atom is -0.465 e. The first-order valence-electron chi connectivity index (χ1n) is 3.79. The summed E-state index contributed by atoms with van der Waals surface area (Å²) in [4.78, 5) is 21.2. The Morgan fingerprint density at radius 1 is 1.54 bits per heavy atom. The summed E-state index contributed by atoms with van der Waals surface area (Å²) in [5.74, 6) is 1.51. The standard InChI is InChI=1S/C9H6O4/c10-5-6-4-8(13-9(6)11)7-2-1-3-12-7/h1-3,8H,4H2. The largest absolute Gasteiger partial charge is 0.465 e. The second-order valence-electron chi connectivity index (χ2n) is 2.69. The zero-order valence-corrected chi connectivity index (χ0v) is 6.65. The molecule has 0 saturated carbocycles. The van der Waals surface area contributed by atoms with E-state index >= 15 is 0 Å². The molecular formula is C9H6O4. The van der Waals surface area contributed by atoms with Crippen LogP contribution in [0.5, 0.6) is 0 Å². The maximum Gasteiger partial charge on any atom is 0.346 e. The molecule has 0 aromatic carbocycles. The lowest BCUT2D eigenvalue weighted by molar-refractivity contribution is -0.139. The molecule has 4 nitrogen and oxygen atoms in total. The van der Waals surface area contributed by atoms with Gasteiger partial charge in [-0.05, 0) is 12.1 Å². The molecule has 1 aliphatic rings. The van der Waals surface area contributed by atoms with Crippen molar-refractivity contribution >= 4 is 11.9 Å². The van der Waals surface area contributed by atoms with Crippen LogP contribution in [0.1, 0.15) is 18.3 Å². The van der Waals surface area contributed by atoms with Crippen molar-refractivity contribution in [2.45, 2.75) is 12.5 Å². The molecule has 1 aromatic heterocycles. The van der Waals surface area contributed by atoms with Gasteiger partial charge in [0.15, 0.2) is 6.10 Å². The van der Waals surface area contributed by atoms with E-state index in [9.17, 15) is 9.59 Å². The van der Waals surface area contributed by atoms with Crippen molar-refractivity contribution in [3.05, 3.63) is 29.7 Å². The molecule has 1 aliphatic heterocycles. The van der Waals surface area contributed by atoms with Gasteiger partial charge in [-0.3, -0.25) is 0 Å². The molecule has 1 atom stereocenters. The van der Waals surface area contributed by atoms with Crippen LogP contribution in [0.15, 0.2) is 28.4 Å². The molecule has 1 unspecified atom stereocenters. The van der Waals surface area contributed by atoms with Gasteiger partial charge in [-0.2, -0.15) is 0 Å². The van der Waals surface area contributed by atoms with Crippen LogP contribution >= 0.6 is 0 Å². The van der Waals surface area contributed by atoms with Crippen LogP contribution in [0.25, 0.3) is 0 Å². The van der Waals surface area contributed by atoms with Crippen molar-refractivity contribution in [2.24, 2.45) is 0 Å². The highest BCUT2D eigenvalue weighted by molar-refractivity contribution is 5.98. The molecular weight excluding hydrogens is 172 g/mol. The van der Waals surface area contributed by atoms with Crippen LogP contribution in [0, 0.1) is 0 Å². The van der Waals surface area contributed by atoms with Crippen LogP contribution < -0.4 is 0 Å². The summed E-state index contributed by atoms with van der Waals surface area (Å²) in [5.41, 5.74) is 0.0430. The quantitative estimate of drug-likeness (QED) is 0.366. The Morgan fingerprint density at radius 2 is 2.38 bits per heavy atom. The Kier molecular flexibility index (Phi) is 1.76. The Labute approximate surface area is 73.8 Å². The number of ether oxygens (including phenoxy) is 1. The maximum atomic E-state index is 10.9. The summed E-state index contributed by atoms with van der Waals surface area (Å²) in [6.45, 7) is 0. The van der Waals surface area contributed by atoms with Gasteiger partial charge in [0.1, 0.15) is 17.3 Å². The number of cyclic esters (lactones) is 1. The lowest BCUT2D eigenvalue weighted by atomic mass is 10.1. The number of hydrogen-bond donors (Lipinski definition) is 0. The second kappa shape index (κ2) is 2.92. The van der Waals surface area contributed by atoms with E-state index in [-0.39, 0.29) is 12.0 Å². The molecule has 1 aromatic rings. The monoisotopic (exact) mass is 178 g/mol. The molecule has 1 saturated heterocycles. The van der Waals surface area contributed by atoms with Gasteiger partial charge in [-0.25, -0.2) is 9.59 Å². The first-order chi connectivity index (χ1) is 6.31. The van der Waals surface area contributed by atoms with Crippen LogP contribution in [0.2, 0.25) is 0 Å². The average molecular weight is 178 g/mol. The molecule has 2 heterocycles. The van der Waals surface area contributed by atoms with Gasteiger partial charge in [0, 0.05) is 6.42 Å². The normalized spacial score (nSPS) is 21.4. The van der Waals surface area contributed by atoms with E-state index in [1.54, 1.807) is 18.1 Å². The van der Waals surface area contributed by atoms with E-state index in [4.69, 9.17) is 9.15 Å². The summed E-state index contributed by atoms with van der Waals surface area (Å²) in [5, 5.41) is 0. The molecule has 0 amide bonds. The molecule has 0 aliphatic carbocycles. The topological polar surface area (TPSA) is 56.5 Å². The number of hydrogen-bond acceptors (Lipinski definition) is 4. The molecule has 0 N–H and O–H groups in total. The summed E-state index contributed by atoms with van der Waals surface area (Å²) in [6.07, 6.45) is 1.28. The summed E-state index contributed by atoms with van der Waals surface area (Å²) in [7, 11) is 0. The van der Waals surface area contributed by atoms with E-state index in [0.29, 0.717) is 5.76 Å². The van der Waals surface area contributed by atoms with Crippen molar-refractivity contribution in [1.82, 2.24) is 0 Å². The van der Waals surface area contributed by atoms with Crippen molar-refractivity contribution in [2.75, 3.05) is 0 Å². The van der Waals surface area contributed by atoms with Gasteiger partial charge in [-0.15, -0.1) is 0 Å². The summed E-state index contributed by atoms with van der Waals surface area (Å²) < 4.78 is 9.92. The number of furan rings is 1. The fourth-order valence-electron chi connectivity index (χ4n) is 1.23. The van der Waals surface area contributed by atoms with E-state index in [1.807, 2.05) is 0 Å². The number of carbonyl (C=O) groups is 1. The van der Waals surface area contributed by atoms with E-state index in [0.717, 1.165) is 0 Å². The maximum absolute atomic E-state index is 10.9. The molecule has 0 bridgehead atoms. The van der Waals surface area contributed by atoms with Crippen molar-refractivity contribution in [3.63, 3.8) is 0 Å². The van der Waals surface area contributed by atoms with Crippen LogP contribution in [-0.4, -0.2) is 11.9 Å². The first-order valence-corrected chi connectivity index (χ1v) is 3.79. The van der Waals surface area contributed by atoms with Crippen molar-refractivity contribution in [1.29, 1.82) is 0 Å². The third-order valence-electron chi connectivity index (χ3n) is 1.87. The van der Waals surface area contributed by atoms with Gasteiger partial charge in [0.25, 0.3) is 0 Å². The summed E-state index contributed by atoms with van der Waals surface area (Å²) in [6, 6.07) is 3.40. The third-order valence-corrected chi connectivity index (χ3v) is 1.87. The zero-order chi connectivity index (χ0) is 9.26. The Balaban J connectivity index is 2.24. The van der Waals surface area contributed by atoms with Gasteiger partial charge < -0.3 is 9.15 Å². The van der Waals surface area contributed by atoms with Crippen molar-refractivity contribution in [3.8, 4) is 0 Å². The van der Waals surface area contributed by atoms with Crippen LogP contribution in [0.3, 0.4) is 0 Å². The molecule has 1 fully saturated rings. The van der Waals surface area contributed by atoms with E-state index in [2.05, 4.69) is 0 Å². The van der Waals surface area contributed by atoms with Gasteiger partial charge in [0.05, 0.1) is 6.26 Å². The smallest absolute Gasteiger partial charge is 0.346 e. The zero-order valence-electron chi connectivity index (χ0n) is 6.65. The van der Waals surface area contributed by atoms with Crippen LogP contribution in [0.4, 0.5) is 0 Å². The fraction of sp³-hybridized carbons (Fsp3) is 0.222. The van der Waals surface area contributed by atoms with Crippen LogP contribution in [-0.2, 0) is 14.3 Å². The molecule has 4 heteroatoms. The summed E-state index contributed by atoms with van der Waals surface area (Å²) >= 11 is 0.